The Hall–Kier alpha value is -1.14. The van der Waals surface area contributed by atoms with Crippen molar-refractivity contribution in [1.82, 2.24) is 10.2 Å². The second-order valence-electron chi connectivity index (χ2n) is 5.35. The Morgan fingerprint density at radius 3 is 2.45 bits per heavy atom. The average Bonchev–Trinajstić information content (AvgIpc) is 2.44. The molecule has 0 atom stereocenters. The lowest BCUT2D eigenvalue weighted by molar-refractivity contribution is -0.143. The van der Waals surface area contributed by atoms with Gasteiger partial charge in [-0.2, -0.15) is 0 Å². The summed E-state index contributed by atoms with van der Waals surface area (Å²) >= 11 is 0. The molecule has 1 rings (SSSR count). The standard InChI is InChI=1S/C14H27N3O3/c1-3-7-16-12(18)11-17(8-4-2)13(19)14(15)5-9-20-10-6-14/h3-11,15H2,1-2H3,(H,16,18). The molecule has 0 aromatic carbocycles. The summed E-state index contributed by atoms with van der Waals surface area (Å²) in [5.74, 6) is -0.251. The number of nitrogens with zero attached hydrogens (tertiary/aromatic N) is 1. The predicted octanol–water partition coefficient (Wildman–Crippen LogP) is 0.259. The third kappa shape index (κ3) is 4.76. The monoisotopic (exact) mass is 285 g/mol. The van der Waals surface area contributed by atoms with E-state index in [9.17, 15) is 9.59 Å². The number of ether oxygens (including phenoxy) is 1. The quantitative estimate of drug-likeness (QED) is 0.702. The third-order valence-electron chi connectivity index (χ3n) is 3.50. The first kappa shape index (κ1) is 16.9. The van der Waals surface area contributed by atoms with Crippen LogP contribution in [0.1, 0.15) is 39.5 Å². The lowest BCUT2D eigenvalue weighted by Gasteiger charge is -2.36. The van der Waals surface area contributed by atoms with E-state index in [1.165, 1.54) is 0 Å². The van der Waals surface area contributed by atoms with Crippen molar-refractivity contribution in [3.63, 3.8) is 0 Å². The molecule has 1 fully saturated rings. The summed E-state index contributed by atoms with van der Waals surface area (Å²) in [4.78, 5) is 26.0. The van der Waals surface area contributed by atoms with Crippen molar-refractivity contribution in [1.29, 1.82) is 0 Å². The van der Waals surface area contributed by atoms with Crippen LogP contribution in [0.2, 0.25) is 0 Å². The van der Waals surface area contributed by atoms with Gasteiger partial charge in [0, 0.05) is 26.3 Å². The summed E-state index contributed by atoms with van der Waals surface area (Å²) in [7, 11) is 0. The van der Waals surface area contributed by atoms with Crippen LogP contribution in [-0.2, 0) is 14.3 Å². The number of nitrogens with one attached hydrogen (secondary N) is 1. The second kappa shape index (κ2) is 8.21. The predicted molar refractivity (Wildman–Crippen MR) is 77.1 cm³/mol. The number of carbonyl (C=O) groups is 2. The fourth-order valence-electron chi connectivity index (χ4n) is 2.28. The van der Waals surface area contributed by atoms with Gasteiger partial charge in [-0.15, -0.1) is 0 Å². The summed E-state index contributed by atoms with van der Waals surface area (Å²) < 4.78 is 5.26. The van der Waals surface area contributed by atoms with Crippen molar-refractivity contribution in [2.24, 2.45) is 5.73 Å². The molecular weight excluding hydrogens is 258 g/mol. The van der Waals surface area contributed by atoms with Gasteiger partial charge in [0.15, 0.2) is 0 Å². The van der Waals surface area contributed by atoms with E-state index in [4.69, 9.17) is 10.5 Å². The average molecular weight is 285 g/mol. The second-order valence-corrected chi connectivity index (χ2v) is 5.35. The van der Waals surface area contributed by atoms with Gasteiger partial charge in [0.25, 0.3) is 0 Å². The molecule has 0 bridgehead atoms. The zero-order valence-electron chi connectivity index (χ0n) is 12.6. The fourth-order valence-corrected chi connectivity index (χ4v) is 2.28. The number of rotatable bonds is 7. The molecule has 6 heteroatoms. The maximum absolute atomic E-state index is 12.6. The molecule has 6 nitrogen and oxygen atoms in total. The maximum atomic E-state index is 12.6. The summed E-state index contributed by atoms with van der Waals surface area (Å²) in [6.07, 6.45) is 2.72. The topological polar surface area (TPSA) is 84.7 Å². The summed E-state index contributed by atoms with van der Waals surface area (Å²) in [5, 5.41) is 2.79. The lowest BCUT2D eigenvalue weighted by Crippen LogP contribution is -2.59. The van der Waals surface area contributed by atoms with E-state index in [0.29, 0.717) is 39.1 Å². The Morgan fingerprint density at radius 1 is 1.25 bits per heavy atom. The van der Waals surface area contributed by atoms with Gasteiger partial charge in [-0.1, -0.05) is 13.8 Å². The molecule has 116 valence electrons. The van der Waals surface area contributed by atoms with E-state index < -0.39 is 5.54 Å². The highest BCUT2D eigenvalue weighted by Gasteiger charge is 2.39. The zero-order chi connectivity index (χ0) is 15.0. The molecule has 0 spiro atoms. The van der Waals surface area contributed by atoms with Crippen molar-refractivity contribution in [3.8, 4) is 0 Å². The molecule has 0 unspecified atom stereocenters. The molecule has 1 saturated heterocycles. The first-order chi connectivity index (χ1) is 9.53. The molecule has 1 heterocycles. The van der Waals surface area contributed by atoms with E-state index in [1.807, 2.05) is 13.8 Å². The Morgan fingerprint density at radius 2 is 1.90 bits per heavy atom. The lowest BCUT2D eigenvalue weighted by atomic mass is 9.89. The molecule has 0 radical (unpaired) electrons. The molecule has 0 saturated carbocycles. The minimum atomic E-state index is -0.877. The highest BCUT2D eigenvalue weighted by Crippen LogP contribution is 2.20. The summed E-state index contributed by atoms with van der Waals surface area (Å²) in [6, 6.07) is 0. The van der Waals surface area contributed by atoms with Crippen LogP contribution in [-0.4, -0.2) is 55.1 Å². The number of amides is 2. The van der Waals surface area contributed by atoms with Crippen LogP contribution >= 0.6 is 0 Å². The van der Waals surface area contributed by atoms with E-state index in [-0.39, 0.29) is 18.4 Å². The smallest absolute Gasteiger partial charge is 0.243 e. The zero-order valence-corrected chi connectivity index (χ0v) is 12.6. The van der Waals surface area contributed by atoms with Gasteiger partial charge in [0.1, 0.15) is 0 Å². The van der Waals surface area contributed by atoms with Crippen molar-refractivity contribution in [3.05, 3.63) is 0 Å². The van der Waals surface area contributed by atoms with Gasteiger partial charge in [0.2, 0.25) is 11.8 Å². The molecule has 20 heavy (non-hydrogen) atoms. The van der Waals surface area contributed by atoms with Crippen molar-refractivity contribution < 1.29 is 14.3 Å². The van der Waals surface area contributed by atoms with E-state index in [2.05, 4.69) is 5.32 Å². The summed E-state index contributed by atoms with van der Waals surface area (Å²) in [6.45, 7) is 6.26. The minimum Gasteiger partial charge on any atom is -0.381 e. The normalized spacial score (nSPS) is 17.6. The Bertz CT molecular complexity index is 328. The molecule has 0 aromatic rings. The van der Waals surface area contributed by atoms with Gasteiger partial charge >= 0.3 is 0 Å². The largest absolute Gasteiger partial charge is 0.381 e. The Labute approximate surface area is 121 Å². The molecular formula is C14H27N3O3. The van der Waals surface area contributed by atoms with E-state index in [1.54, 1.807) is 4.90 Å². The third-order valence-corrected chi connectivity index (χ3v) is 3.50. The van der Waals surface area contributed by atoms with Gasteiger partial charge in [-0.25, -0.2) is 0 Å². The van der Waals surface area contributed by atoms with Crippen LogP contribution in [0.3, 0.4) is 0 Å². The Balaban J connectivity index is 2.63. The van der Waals surface area contributed by atoms with Gasteiger partial charge in [-0.3, -0.25) is 9.59 Å². The number of carbonyl (C=O) groups excluding carboxylic acids is 2. The first-order valence-electron chi connectivity index (χ1n) is 7.46. The molecule has 3 N–H and O–H groups in total. The highest BCUT2D eigenvalue weighted by atomic mass is 16.5. The number of hydrogen-bond donors (Lipinski definition) is 2. The van der Waals surface area contributed by atoms with E-state index >= 15 is 0 Å². The molecule has 1 aliphatic rings. The SMILES string of the molecule is CCCNC(=O)CN(CCC)C(=O)C1(N)CCOCC1. The van der Waals surface area contributed by atoms with Crippen molar-refractivity contribution in [2.75, 3.05) is 32.8 Å². The highest BCUT2D eigenvalue weighted by molar-refractivity contribution is 5.90. The number of nitrogens with two attached hydrogens (primary N) is 1. The molecule has 1 aliphatic heterocycles. The van der Waals surface area contributed by atoms with Crippen molar-refractivity contribution in [2.45, 2.75) is 45.1 Å². The van der Waals surface area contributed by atoms with Crippen LogP contribution in [0.25, 0.3) is 0 Å². The van der Waals surface area contributed by atoms with Crippen LogP contribution in [0, 0.1) is 0 Å². The first-order valence-corrected chi connectivity index (χ1v) is 7.46. The molecule has 2 amide bonds. The fraction of sp³-hybridized carbons (Fsp3) is 0.857. The van der Waals surface area contributed by atoms with Crippen LogP contribution in [0.5, 0.6) is 0 Å². The molecule has 0 aliphatic carbocycles. The van der Waals surface area contributed by atoms with Gasteiger partial charge < -0.3 is 20.7 Å². The van der Waals surface area contributed by atoms with Gasteiger partial charge in [0.05, 0.1) is 12.1 Å². The Kier molecular flexibility index (Phi) is 6.95. The van der Waals surface area contributed by atoms with Crippen LogP contribution in [0.4, 0.5) is 0 Å². The number of hydrogen-bond acceptors (Lipinski definition) is 4. The minimum absolute atomic E-state index is 0.0898. The molecule has 0 aromatic heterocycles. The van der Waals surface area contributed by atoms with Crippen molar-refractivity contribution >= 4 is 11.8 Å². The van der Waals surface area contributed by atoms with Gasteiger partial charge in [-0.05, 0) is 25.7 Å². The maximum Gasteiger partial charge on any atom is 0.243 e. The van der Waals surface area contributed by atoms with E-state index in [0.717, 1.165) is 12.8 Å². The summed E-state index contributed by atoms with van der Waals surface area (Å²) in [5.41, 5.74) is 5.33. The van der Waals surface area contributed by atoms with Crippen LogP contribution in [0.15, 0.2) is 0 Å². The van der Waals surface area contributed by atoms with Crippen LogP contribution < -0.4 is 11.1 Å².